The highest BCUT2D eigenvalue weighted by molar-refractivity contribution is 5.81. The Hall–Kier alpha value is -2.18. The number of rotatable bonds is 5. The van der Waals surface area contributed by atoms with Crippen LogP contribution in [-0.4, -0.2) is 43.0 Å². The first-order valence-electron chi connectivity index (χ1n) is 7.40. The number of fused-ring (bicyclic) bond motifs is 1. The molecule has 7 heteroatoms. The normalized spacial score (nSPS) is 16.6. The lowest BCUT2D eigenvalue weighted by Crippen LogP contribution is -2.32. The summed E-state index contributed by atoms with van der Waals surface area (Å²) in [6, 6.07) is -0.0786. The highest BCUT2D eigenvalue weighted by Crippen LogP contribution is 2.29. The molecule has 0 spiro atoms. The summed E-state index contributed by atoms with van der Waals surface area (Å²) < 4.78 is 4.54. The van der Waals surface area contributed by atoms with Crippen molar-refractivity contribution >= 4 is 17.8 Å². The first-order chi connectivity index (χ1) is 10.5. The smallest absolute Gasteiger partial charge is 0.306 e. The van der Waals surface area contributed by atoms with E-state index in [2.05, 4.69) is 20.0 Å². The average Bonchev–Trinajstić information content (AvgIpc) is 2.52. The number of amides is 1. The number of aromatic nitrogens is 2. The van der Waals surface area contributed by atoms with E-state index in [4.69, 9.17) is 0 Å². The van der Waals surface area contributed by atoms with Crippen LogP contribution in [0.5, 0.6) is 0 Å². The number of esters is 1. The minimum atomic E-state index is -0.377. The lowest BCUT2D eigenvalue weighted by molar-refractivity contribution is -0.142. The Bertz CT molecular complexity index is 560. The molecule has 0 aliphatic heterocycles. The molecule has 0 fully saturated rings. The van der Waals surface area contributed by atoms with Crippen molar-refractivity contribution in [1.82, 2.24) is 15.3 Å². The topological polar surface area (TPSA) is 84.4 Å². The van der Waals surface area contributed by atoms with Crippen LogP contribution >= 0.6 is 0 Å². The standard InChI is InChI=1S/C15H22N4O3/c1-19(2)15-16-9-10-11(5-4-6-12(10)18-15)17-13(20)7-8-14(21)22-3/h9,11H,4-8H2,1-3H3,(H,17,20). The Morgan fingerprint density at radius 3 is 2.86 bits per heavy atom. The van der Waals surface area contributed by atoms with Gasteiger partial charge in [0, 0.05) is 32.3 Å². The molecule has 1 aliphatic rings. The second-order valence-electron chi connectivity index (χ2n) is 5.55. The number of carbonyl (C=O) groups is 2. The molecular formula is C15H22N4O3. The predicted molar refractivity (Wildman–Crippen MR) is 81.4 cm³/mol. The van der Waals surface area contributed by atoms with Crippen LogP contribution in [0.25, 0.3) is 0 Å². The molecule has 2 rings (SSSR count). The number of nitrogens with zero attached hydrogens (tertiary/aromatic N) is 3. The quantitative estimate of drug-likeness (QED) is 0.817. The van der Waals surface area contributed by atoms with Gasteiger partial charge in [-0.3, -0.25) is 9.59 Å². The van der Waals surface area contributed by atoms with Gasteiger partial charge in [0.15, 0.2) is 0 Å². The fourth-order valence-electron chi connectivity index (χ4n) is 2.49. The molecule has 22 heavy (non-hydrogen) atoms. The second-order valence-corrected chi connectivity index (χ2v) is 5.55. The molecule has 1 atom stereocenters. The molecule has 0 saturated heterocycles. The van der Waals surface area contributed by atoms with Crippen LogP contribution in [0.15, 0.2) is 6.20 Å². The summed E-state index contributed by atoms with van der Waals surface area (Å²) in [7, 11) is 5.12. The Kier molecular flexibility index (Phi) is 5.30. The van der Waals surface area contributed by atoms with Crippen LogP contribution in [0, 0.1) is 0 Å². The summed E-state index contributed by atoms with van der Waals surface area (Å²) in [6.07, 6.45) is 4.75. The summed E-state index contributed by atoms with van der Waals surface area (Å²) in [4.78, 5) is 33.8. The van der Waals surface area contributed by atoms with Crippen molar-refractivity contribution in [1.29, 1.82) is 0 Å². The van der Waals surface area contributed by atoms with Crippen LogP contribution in [0.1, 0.15) is 43.0 Å². The van der Waals surface area contributed by atoms with E-state index in [1.165, 1.54) is 7.11 Å². The van der Waals surface area contributed by atoms with Crippen molar-refractivity contribution in [3.05, 3.63) is 17.5 Å². The van der Waals surface area contributed by atoms with E-state index >= 15 is 0 Å². The van der Waals surface area contributed by atoms with Gasteiger partial charge in [0.25, 0.3) is 0 Å². The highest BCUT2D eigenvalue weighted by Gasteiger charge is 2.24. The van der Waals surface area contributed by atoms with Gasteiger partial charge in [0.05, 0.1) is 25.3 Å². The van der Waals surface area contributed by atoms with Gasteiger partial charge >= 0.3 is 5.97 Å². The van der Waals surface area contributed by atoms with E-state index in [0.29, 0.717) is 5.95 Å². The first-order valence-corrected chi connectivity index (χ1v) is 7.40. The number of ether oxygens (including phenoxy) is 1. The maximum Gasteiger partial charge on any atom is 0.306 e. The predicted octanol–water partition coefficient (Wildman–Crippen LogP) is 0.989. The van der Waals surface area contributed by atoms with E-state index in [1.807, 2.05) is 19.0 Å². The molecule has 1 aromatic rings. The van der Waals surface area contributed by atoms with Gasteiger partial charge in [0.2, 0.25) is 11.9 Å². The molecule has 1 amide bonds. The van der Waals surface area contributed by atoms with Crippen LogP contribution in [0.4, 0.5) is 5.95 Å². The third-order valence-electron chi connectivity index (χ3n) is 3.69. The van der Waals surface area contributed by atoms with E-state index in [9.17, 15) is 9.59 Å². The number of anilines is 1. The van der Waals surface area contributed by atoms with Crippen molar-refractivity contribution in [3.63, 3.8) is 0 Å². The Morgan fingerprint density at radius 1 is 1.41 bits per heavy atom. The van der Waals surface area contributed by atoms with Crippen LogP contribution in [-0.2, 0) is 20.7 Å². The third-order valence-corrected chi connectivity index (χ3v) is 3.69. The van der Waals surface area contributed by atoms with E-state index in [1.54, 1.807) is 6.20 Å². The van der Waals surface area contributed by atoms with Gasteiger partial charge in [-0.25, -0.2) is 9.97 Å². The fraction of sp³-hybridized carbons (Fsp3) is 0.600. The first kappa shape index (κ1) is 16.2. The van der Waals surface area contributed by atoms with Gasteiger partial charge in [-0.15, -0.1) is 0 Å². The number of hydrogen-bond acceptors (Lipinski definition) is 6. The highest BCUT2D eigenvalue weighted by atomic mass is 16.5. The maximum atomic E-state index is 11.9. The number of aryl methyl sites for hydroxylation is 1. The molecule has 7 nitrogen and oxygen atoms in total. The van der Waals surface area contributed by atoms with Gasteiger partial charge in [-0.05, 0) is 19.3 Å². The van der Waals surface area contributed by atoms with Crippen LogP contribution in [0.2, 0.25) is 0 Å². The molecule has 0 saturated carbocycles. The van der Waals surface area contributed by atoms with Gasteiger partial charge in [-0.1, -0.05) is 0 Å². The SMILES string of the molecule is COC(=O)CCC(=O)NC1CCCc2nc(N(C)C)ncc21. The summed E-state index contributed by atoms with van der Waals surface area (Å²) in [6.45, 7) is 0. The number of hydrogen-bond donors (Lipinski definition) is 1. The largest absolute Gasteiger partial charge is 0.469 e. The monoisotopic (exact) mass is 306 g/mol. The number of methoxy groups -OCH3 is 1. The van der Waals surface area contributed by atoms with Crippen molar-refractivity contribution < 1.29 is 14.3 Å². The molecule has 1 unspecified atom stereocenters. The summed E-state index contributed by atoms with van der Waals surface area (Å²) in [5.74, 6) is 0.148. The molecule has 1 aliphatic carbocycles. The minimum absolute atomic E-state index is 0.0786. The molecule has 120 valence electrons. The Balaban J connectivity index is 2.03. The number of nitrogens with one attached hydrogen (secondary N) is 1. The molecule has 0 radical (unpaired) electrons. The summed E-state index contributed by atoms with van der Waals surface area (Å²) in [5.41, 5.74) is 1.96. The van der Waals surface area contributed by atoms with E-state index in [-0.39, 0.29) is 30.8 Å². The zero-order chi connectivity index (χ0) is 16.1. The van der Waals surface area contributed by atoms with Crippen LogP contribution in [0.3, 0.4) is 0 Å². The zero-order valence-electron chi connectivity index (χ0n) is 13.3. The summed E-state index contributed by atoms with van der Waals surface area (Å²) >= 11 is 0. The Morgan fingerprint density at radius 2 is 2.18 bits per heavy atom. The van der Waals surface area contributed by atoms with Gasteiger partial charge < -0.3 is 15.0 Å². The fourth-order valence-corrected chi connectivity index (χ4v) is 2.49. The zero-order valence-corrected chi connectivity index (χ0v) is 13.3. The Labute approximate surface area is 130 Å². The lowest BCUT2D eigenvalue weighted by Gasteiger charge is -2.26. The van der Waals surface area contributed by atoms with E-state index < -0.39 is 0 Å². The molecule has 0 aromatic carbocycles. The van der Waals surface area contributed by atoms with Crippen molar-refractivity contribution in [2.45, 2.75) is 38.1 Å². The molecule has 1 aromatic heterocycles. The van der Waals surface area contributed by atoms with Gasteiger partial charge in [0.1, 0.15) is 0 Å². The van der Waals surface area contributed by atoms with E-state index in [0.717, 1.165) is 30.5 Å². The van der Waals surface area contributed by atoms with Crippen molar-refractivity contribution in [3.8, 4) is 0 Å². The number of carbonyl (C=O) groups excluding carboxylic acids is 2. The molecule has 1 heterocycles. The molecule has 1 N–H and O–H groups in total. The van der Waals surface area contributed by atoms with Crippen molar-refractivity contribution in [2.75, 3.05) is 26.1 Å². The average molecular weight is 306 g/mol. The lowest BCUT2D eigenvalue weighted by atomic mass is 9.92. The van der Waals surface area contributed by atoms with Crippen molar-refractivity contribution in [2.24, 2.45) is 0 Å². The molecular weight excluding hydrogens is 284 g/mol. The molecule has 0 bridgehead atoms. The minimum Gasteiger partial charge on any atom is -0.469 e. The summed E-state index contributed by atoms with van der Waals surface area (Å²) in [5, 5.41) is 2.96. The van der Waals surface area contributed by atoms with Crippen LogP contribution < -0.4 is 10.2 Å². The second kappa shape index (κ2) is 7.20. The maximum absolute atomic E-state index is 11.9. The third kappa shape index (κ3) is 3.93. The van der Waals surface area contributed by atoms with Gasteiger partial charge in [-0.2, -0.15) is 0 Å².